The summed E-state index contributed by atoms with van der Waals surface area (Å²) >= 11 is 0. The van der Waals surface area contributed by atoms with Gasteiger partial charge >= 0.3 is 12.1 Å². The van der Waals surface area contributed by atoms with E-state index in [0.29, 0.717) is 24.2 Å². The summed E-state index contributed by atoms with van der Waals surface area (Å²) in [5, 5.41) is 10.3. The van der Waals surface area contributed by atoms with E-state index in [4.69, 9.17) is 9.47 Å². The summed E-state index contributed by atoms with van der Waals surface area (Å²) in [6.45, 7) is 7.18. The van der Waals surface area contributed by atoms with Crippen molar-refractivity contribution in [3.63, 3.8) is 0 Å². The minimum atomic E-state index is -1.68. The number of hydrogen-bond donors (Lipinski definition) is 1. The fraction of sp³-hybridized carbons (Fsp3) is 0.467. The molecule has 0 spiro atoms. The van der Waals surface area contributed by atoms with E-state index in [-0.39, 0.29) is 37.1 Å². The number of amides is 1. The Hall–Kier alpha value is -3.68. The molecular formula is C30H33NO7. The first kappa shape index (κ1) is 25.9. The third kappa shape index (κ3) is 4.46. The van der Waals surface area contributed by atoms with Crippen LogP contribution in [-0.2, 0) is 22.6 Å². The Labute approximate surface area is 221 Å². The lowest BCUT2D eigenvalue weighted by Gasteiger charge is -2.37. The van der Waals surface area contributed by atoms with Crippen molar-refractivity contribution in [3.8, 4) is 16.9 Å². The van der Waals surface area contributed by atoms with E-state index in [0.717, 1.165) is 40.7 Å². The van der Waals surface area contributed by atoms with Crippen molar-refractivity contribution in [1.82, 2.24) is 4.90 Å². The van der Waals surface area contributed by atoms with Gasteiger partial charge in [0.15, 0.2) is 17.1 Å². The highest BCUT2D eigenvalue weighted by atomic mass is 16.6. The monoisotopic (exact) mass is 519 g/mol. The zero-order valence-electron chi connectivity index (χ0n) is 22.3. The summed E-state index contributed by atoms with van der Waals surface area (Å²) in [7, 11) is 0. The number of carboxylic acids is 1. The van der Waals surface area contributed by atoms with Gasteiger partial charge in [-0.3, -0.25) is 14.5 Å². The second-order valence-corrected chi connectivity index (χ2v) is 11.6. The number of benzene rings is 2. The van der Waals surface area contributed by atoms with Gasteiger partial charge < -0.3 is 14.6 Å². The van der Waals surface area contributed by atoms with Crippen molar-refractivity contribution < 1.29 is 33.8 Å². The largest absolute Gasteiger partial charge is 0.488 e. The van der Waals surface area contributed by atoms with Crippen molar-refractivity contribution in [1.29, 1.82) is 0 Å². The molecule has 2 aromatic rings. The molecule has 8 nitrogen and oxygen atoms in total. The van der Waals surface area contributed by atoms with Crippen LogP contribution in [-0.4, -0.2) is 50.8 Å². The van der Waals surface area contributed by atoms with Gasteiger partial charge in [-0.05, 0) is 88.3 Å². The predicted octanol–water partition coefficient (Wildman–Crippen LogP) is 5.58. The molecule has 5 rings (SSSR count). The summed E-state index contributed by atoms with van der Waals surface area (Å²) in [6.07, 6.45) is 1.77. The van der Waals surface area contributed by atoms with Gasteiger partial charge in [-0.2, -0.15) is 0 Å². The molecule has 0 unspecified atom stereocenters. The van der Waals surface area contributed by atoms with Crippen LogP contribution in [0, 0.1) is 0 Å². The van der Waals surface area contributed by atoms with Gasteiger partial charge in [0, 0.05) is 35.6 Å². The number of fused-ring (bicyclic) bond motifs is 4. The average molecular weight is 520 g/mol. The number of likely N-dealkylation sites (tertiary alicyclic amines) is 1. The van der Waals surface area contributed by atoms with Crippen LogP contribution in [0.15, 0.2) is 30.3 Å². The van der Waals surface area contributed by atoms with Crippen LogP contribution in [0.3, 0.4) is 0 Å². The van der Waals surface area contributed by atoms with Gasteiger partial charge in [-0.15, -0.1) is 0 Å². The fourth-order valence-electron chi connectivity index (χ4n) is 5.91. The third-order valence-corrected chi connectivity index (χ3v) is 7.78. The van der Waals surface area contributed by atoms with Gasteiger partial charge in [0.05, 0.1) is 0 Å². The number of aliphatic carboxylic acids is 1. The van der Waals surface area contributed by atoms with Crippen LogP contribution in [0.4, 0.5) is 4.79 Å². The number of nitrogens with zero attached hydrogens (tertiary/aromatic N) is 1. The Bertz CT molecular complexity index is 1360. The first-order chi connectivity index (χ1) is 17.9. The van der Waals surface area contributed by atoms with Crippen molar-refractivity contribution in [2.24, 2.45) is 0 Å². The van der Waals surface area contributed by atoms with Gasteiger partial charge in [-0.25, -0.2) is 9.59 Å². The molecular weight excluding hydrogens is 486 g/mol. The number of Topliss-reactive ketones (excluding diaryl/α,β-unsaturated/α-hetero) is 2. The number of carboxylic acid groups (broad SMARTS) is 1. The second-order valence-electron chi connectivity index (χ2n) is 11.6. The quantitative estimate of drug-likeness (QED) is 0.525. The molecule has 0 saturated carbocycles. The predicted molar refractivity (Wildman–Crippen MR) is 140 cm³/mol. The van der Waals surface area contributed by atoms with Crippen LogP contribution >= 0.6 is 0 Å². The first-order valence-electron chi connectivity index (χ1n) is 13.1. The lowest BCUT2D eigenvalue weighted by Crippen LogP contribution is -2.57. The molecule has 2 aliphatic heterocycles. The number of rotatable bonds is 4. The number of ether oxygens (including phenoxy) is 2. The van der Waals surface area contributed by atoms with E-state index < -0.39 is 23.2 Å². The van der Waals surface area contributed by atoms with Crippen LogP contribution < -0.4 is 4.74 Å². The topological polar surface area (TPSA) is 110 Å². The molecule has 1 N–H and O–H groups in total. The van der Waals surface area contributed by atoms with E-state index in [1.807, 2.05) is 18.2 Å². The minimum Gasteiger partial charge on any atom is -0.488 e. The molecule has 2 heterocycles. The average Bonchev–Trinajstić information content (AvgIpc) is 3.19. The summed E-state index contributed by atoms with van der Waals surface area (Å²) in [6, 6.07) is 8.78. The molecule has 2 aromatic carbocycles. The Morgan fingerprint density at radius 2 is 1.84 bits per heavy atom. The molecule has 0 bridgehead atoms. The maximum atomic E-state index is 13.5. The van der Waals surface area contributed by atoms with E-state index in [2.05, 4.69) is 0 Å². The summed E-state index contributed by atoms with van der Waals surface area (Å²) in [5.41, 5.74) is 2.27. The first-order valence-corrected chi connectivity index (χ1v) is 13.1. The van der Waals surface area contributed by atoms with E-state index >= 15 is 0 Å². The molecule has 38 heavy (non-hydrogen) atoms. The summed E-state index contributed by atoms with van der Waals surface area (Å²) in [5.74, 6) is -0.781. The van der Waals surface area contributed by atoms with Gasteiger partial charge in [0.1, 0.15) is 18.0 Å². The summed E-state index contributed by atoms with van der Waals surface area (Å²) < 4.78 is 11.5. The molecule has 2 atom stereocenters. The highest BCUT2D eigenvalue weighted by Gasteiger charge is 2.55. The highest BCUT2D eigenvalue weighted by Crippen LogP contribution is 2.42. The van der Waals surface area contributed by atoms with E-state index in [9.17, 15) is 24.3 Å². The normalized spacial score (nSPS) is 22.2. The third-order valence-electron chi connectivity index (χ3n) is 7.78. The Kier molecular flexibility index (Phi) is 6.32. The van der Waals surface area contributed by atoms with Crippen LogP contribution in [0.1, 0.15) is 91.6 Å². The number of carbonyl (C=O) groups is 4. The molecule has 1 aliphatic carbocycles. The summed E-state index contributed by atoms with van der Waals surface area (Å²) in [4.78, 5) is 52.7. The van der Waals surface area contributed by atoms with Gasteiger partial charge in [0.25, 0.3) is 0 Å². The molecule has 1 saturated heterocycles. The lowest BCUT2D eigenvalue weighted by molar-refractivity contribution is -0.150. The lowest BCUT2D eigenvalue weighted by atomic mass is 9.84. The van der Waals surface area contributed by atoms with Crippen LogP contribution in [0.2, 0.25) is 0 Å². The molecule has 8 heteroatoms. The van der Waals surface area contributed by atoms with Crippen molar-refractivity contribution >= 4 is 23.6 Å². The number of hydrogen-bond acceptors (Lipinski definition) is 6. The fourth-order valence-corrected chi connectivity index (χ4v) is 5.91. The van der Waals surface area contributed by atoms with Crippen molar-refractivity contribution in [3.05, 3.63) is 52.6 Å². The Balaban J connectivity index is 1.44. The molecule has 1 fully saturated rings. The Morgan fingerprint density at radius 1 is 1.08 bits per heavy atom. The van der Waals surface area contributed by atoms with E-state index in [1.54, 1.807) is 39.8 Å². The zero-order chi connectivity index (χ0) is 27.4. The zero-order valence-corrected chi connectivity index (χ0v) is 22.3. The second kappa shape index (κ2) is 9.26. The van der Waals surface area contributed by atoms with Crippen LogP contribution in [0.5, 0.6) is 5.75 Å². The minimum absolute atomic E-state index is 0.137. The van der Waals surface area contributed by atoms with Crippen LogP contribution in [0.25, 0.3) is 11.1 Å². The maximum absolute atomic E-state index is 13.5. The Morgan fingerprint density at radius 3 is 2.55 bits per heavy atom. The molecule has 200 valence electrons. The molecule has 1 amide bonds. The highest BCUT2D eigenvalue weighted by molar-refractivity contribution is 6.02. The van der Waals surface area contributed by atoms with E-state index in [1.165, 1.54) is 4.90 Å². The standard InChI is InChI=1S/C30H33NO7/c1-17-10-11-30(27(34)35,31(17)28(36)38-29(2,3)4)15-25(33)19-8-9-21-20(12-19)16-37-26-14-22-18(13-23(21)26)6-5-7-24(22)32/h8-9,12-14,17H,5-7,10-11,15-16H2,1-4H3,(H,34,35)/t17-,30-/m0/s1. The smallest absolute Gasteiger partial charge is 0.411 e. The molecule has 0 radical (unpaired) electrons. The number of ketones is 2. The number of aryl methyl sites for hydroxylation is 1. The van der Waals surface area contributed by atoms with Gasteiger partial charge in [-0.1, -0.05) is 12.1 Å². The van der Waals surface area contributed by atoms with Crippen molar-refractivity contribution in [2.75, 3.05) is 0 Å². The maximum Gasteiger partial charge on any atom is 0.411 e. The van der Waals surface area contributed by atoms with Gasteiger partial charge in [0.2, 0.25) is 0 Å². The molecule has 0 aromatic heterocycles. The molecule has 3 aliphatic rings. The van der Waals surface area contributed by atoms with Crippen molar-refractivity contribution in [2.45, 2.75) is 90.0 Å². The number of carbonyl (C=O) groups excluding carboxylic acids is 3. The SMILES string of the molecule is C[C@H]1CC[C@](CC(=O)c2ccc3c(c2)COc2cc4c(cc2-3)CCCC4=O)(C(=O)O)N1C(=O)OC(C)(C)C.